The number of rotatable bonds is 8. The number of ether oxygens (including phenoxy) is 1. The molecule has 0 saturated carbocycles. The molecule has 2 heterocycles. The molecule has 1 fully saturated rings. The number of amides is 2. The zero-order valence-electron chi connectivity index (χ0n) is 26.7. The van der Waals surface area contributed by atoms with Crippen molar-refractivity contribution in [1.82, 2.24) is 9.88 Å². The molecule has 4 rings (SSSR count). The van der Waals surface area contributed by atoms with E-state index >= 15 is 0 Å². The lowest BCUT2D eigenvalue weighted by Crippen LogP contribution is -2.55. The Hall–Kier alpha value is -4.25. The first-order chi connectivity index (χ1) is 22.0. The average Bonchev–Trinajstić information content (AvgIpc) is 2.98. The van der Waals surface area contributed by atoms with Gasteiger partial charge in [0.2, 0.25) is 5.91 Å². The molecule has 13 heteroatoms. The second-order valence-electron chi connectivity index (χ2n) is 12.9. The lowest BCUT2D eigenvalue weighted by atomic mass is 9.88. The van der Waals surface area contributed by atoms with Crippen molar-refractivity contribution >= 4 is 26.0 Å². The number of morpholine rings is 1. The largest absolute Gasteiger partial charge is 0.465 e. The van der Waals surface area contributed by atoms with Crippen LogP contribution in [0, 0.1) is 35.1 Å². The van der Waals surface area contributed by atoms with E-state index in [0.29, 0.717) is 11.6 Å². The zero-order chi connectivity index (χ0) is 34.5. The van der Waals surface area contributed by atoms with E-state index in [4.69, 9.17) is 9.16 Å². The van der Waals surface area contributed by atoms with Crippen molar-refractivity contribution in [3.05, 3.63) is 94.8 Å². The molecule has 2 aromatic carbocycles. The van der Waals surface area contributed by atoms with E-state index in [1.807, 2.05) is 0 Å². The van der Waals surface area contributed by atoms with Crippen LogP contribution < -0.4 is 5.32 Å². The summed E-state index contributed by atoms with van der Waals surface area (Å²) >= 11 is 0. The normalized spacial score (nSPS) is 17.4. The molecule has 2 amide bonds. The summed E-state index contributed by atoms with van der Waals surface area (Å²) in [4.78, 5) is 30.3. The van der Waals surface area contributed by atoms with Gasteiger partial charge in [-0.2, -0.15) is 0 Å². The van der Waals surface area contributed by atoms with Crippen molar-refractivity contribution in [3.63, 3.8) is 0 Å². The Bertz CT molecular complexity index is 1650. The molecule has 1 aliphatic heterocycles. The van der Waals surface area contributed by atoms with Gasteiger partial charge in [-0.05, 0) is 53.5 Å². The molecule has 1 aliphatic rings. The van der Waals surface area contributed by atoms with Gasteiger partial charge in [0.25, 0.3) is 0 Å². The number of aromatic nitrogens is 1. The van der Waals surface area contributed by atoms with Gasteiger partial charge in [-0.3, -0.25) is 14.7 Å². The highest BCUT2D eigenvalue weighted by Gasteiger charge is 2.39. The van der Waals surface area contributed by atoms with Crippen LogP contribution in [-0.4, -0.2) is 67.2 Å². The maximum Gasteiger partial charge on any atom is 0.407 e. The molecule has 0 radical (unpaired) electrons. The summed E-state index contributed by atoms with van der Waals surface area (Å²) < 4.78 is 68.8. The van der Waals surface area contributed by atoms with Crippen LogP contribution in [0.4, 0.5) is 28.0 Å². The minimum atomic E-state index is -2.15. The summed E-state index contributed by atoms with van der Waals surface area (Å²) in [5, 5.41) is 12.4. The Labute approximate surface area is 272 Å². The topological polar surface area (TPSA) is 101 Å². The van der Waals surface area contributed by atoms with Gasteiger partial charge >= 0.3 is 6.09 Å². The maximum absolute atomic E-state index is 15.0. The molecule has 250 valence electrons. The van der Waals surface area contributed by atoms with E-state index in [0.717, 1.165) is 18.3 Å². The highest BCUT2D eigenvalue weighted by atomic mass is 28.4. The average molecular weight is 672 g/mol. The van der Waals surface area contributed by atoms with E-state index in [1.165, 1.54) is 35.4 Å². The quantitative estimate of drug-likeness (QED) is 0.153. The summed E-state index contributed by atoms with van der Waals surface area (Å²) in [6.45, 7) is 10.5. The molecular weight excluding hydrogens is 634 g/mol. The first-order valence-electron chi connectivity index (χ1n) is 15.0. The Morgan fingerprint density at radius 3 is 2.34 bits per heavy atom. The van der Waals surface area contributed by atoms with Gasteiger partial charge in [0.15, 0.2) is 14.1 Å². The van der Waals surface area contributed by atoms with Crippen LogP contribution in [0.3, 0.4) is 0 Å². The second kappa shape index (κ2) is 14.7. The smallest absolute Gasteiger partial charge is 0.407 e. The minimum absolute atomic E-state index is 0.0220. The van der Waals surface area contributed by atoms with Crippen LogP contribution in [0.25, 0.3) is 0 Å². The number of benzene rings is 2. The molecule has 47 heavy (non-hydrogen) atoms. The van der Waals surface area contributed by atoms with Gasteiger partial charge in [-0.25, -0.2) is 22.4 Å². The van der Waals surface area contributed by atoms with E-state index < -0.39 is 61.7 Å². The van der Waals surface area contributed by atoms with E-state index in [1.54, 1.807) is 0 Å². The standard InChI is InChI=1S/C34H37F4N3O5Si/c1-34(2,3)47(4,5)46-20-26-19-45-27(18-41(26)33(43)44)10-11-28-30(38)16-39-17-31(28)40-32(42)15-29(21-6-8-23(35)9-7-21)22-12-24(36)14-25(37)13-22/h6-9,12-14,16-17,26-27,29H,15,18-20H2,1-5H3,(H,40,42)(H,43,44). The lowest BCUT2D eigenvalue weighted by Gasteiger charge is -2.41. The summed E-state index contributed by atoms with van der Waals surface area (Å²) in [6.07, 6.45) is -0.289. The third-order valence-corrected chi connectivity index (χ3v) is 13.0. The van der Waals surface area contributed by atoms with Crippen molar-refractivity contribution in [2.45, 2.75) is 63.4 Å². The van der Waals surface area contributed by atoms with Crippen molar-refractivity contribution < 1.29 is 41.4 Å². The van der Waals surface area contributed by atoms with Crippen molar-refractivity contribution in [2.24, 2.45) is 0 Å². The van der Waals surface area contributed by atoms with E-state index in [9.17, 15) is 32.3 Å². The van der Waals surface area contributed by atoms with Crippen LogP contribution in [-0.2, 0) is 14.0 Å². The minimum Gasteiger partial charge on any atom is -0.465 e. The molecule has 0 aliphatic carbocycles. The van der Waals surface area contributed by atoms with E-state index in [-0.39, 0.29) is 48.0 Å². The lowest BCUT2D eigenvalue weighted by molar-refractivity contribution is -0.116. The second-order valence-corrected chi connectivity index (χ2v) is 17.7. The number of nitrogens with zero attached hydrogens (tertiary/aromatic N) is 2. The number of pyridine rings is 1. The number of carbonyl (C=O) groups excluding carboxylic acids is 1. The molecule has 8 nitrogen and oxygen atoms in total. The molecule has 3 aromatic rings. The first kappa shape index (κ1) is 35.6. The fourth-order valence-electron chi connectivity index (χ4n) is 4.77. The van der Waals surface area contributed by atoms with Crippen LogP contribution in [0.2, 0.25) is 18.1 Å². The summed E-state index contributed by atoms with van der Waals surface area (Å²) in [5.74, 6) is 0.818. The number of carbonyl (C=O) groups is 2. The molecule has 1 saturated heterocycles. The number of carboxylic acid groups (broad SMARTS) is 1. The number of anilines is 1. The molecular formula is C34H37F4N3O5Si. The van der Waals surface area contributed by atoms with Gasteiger partial charge in [-0.1, -0.05) is 44.7 Å². The Morgan fingerprint density at radius 1 is 1.06 bits per heavy atom. The van der Waals surface area contributed by atoms with Crippen molar-refractivity contribution in [1.29, 1.82) is 0 Å². The van der Waals surface area contributed by atoms with Crippen LogP contribution in [0.5, 0.6) is 0 Å². The van der Waals surface area contributed by atoms with Gasteiger partial charge in [-0.15, -0.1) is 0 Å². The number of halogens is 4. The molecule has 3 atom stereocenters. The maximum atomic E-state index is 15.0. The van der Waals surface area contributed by atoms with Crippen LogP contribution >= 0.6 is 0 Å². The van der Waals surface area contributed by atoms with Crippen LogP contribution in [0.1, 0.15) is 49.8 Å². The summed E-state index contributed by atoms with van der Waals surface area (Å²) in [7, 11) is -2.15. The Kier molecular flexibility index (Phi) is 11.1. The fourth-order valence-corrected chi connectivity index (χ4v) is 5.82. The van der Waals surface area contributed by atoms with Gasteiger partial charge < -0.3 is 19.6 Å². The van der Waals surface area contributed by atoms with Gasteiger partial charge in [0.05, 0.1) is 49.4 Å². The third-order valence-electron chi connectivity index (χ3n) is 8.46. The highest BCUT2D eigenvalue weighted by molar-refractivity contribution is 6.74. The molecule has 0 bridgehead atoms. The number of nitrogens with one attached hydrogen (secondary N) is 1. The zero-order valence-corrected chi connectivity index (χ0v) is 27.7. The van der Waals surface area contributed by atoms with Crippen molar-refractivity contribution in [3.8, 4) is 11.8 Å². The first-order valence-corrected chi connectivity index (χ1v) is 17.9. The predicted molar refractivity (Wildman–Crippen MR) is 170 cm³/mol. The SMILES string of the molecule is CC(C)(C)[Si](C)(C)OCC1COC(C#Cc2c(F)cncc2NC(=O)CC(c2ccc(F)cc2)c2cc(F)cc(F)c2)CN1C(=O)O. The van der Waals surface area contributed by atoms with Crippen molar-refractivity contribution in [2.75, 3.05) is 25.1 Å². The molecule has 2 N–H and O–H groups in total. The molecule has 3 unspecified atom stereocenters. The summed E-state index contributed by atoms with van der Waals surface area (Å²) in [5.41, 5.74) is 0.288. The monoisotopic (exact) mass is 671 g/mol. The van der Waals surface area contributed by atoms with Crippen LogP contribution in [0.15, 0.2) is 54.9 Å². The summed E-state index contributed by atoms with van der Waals surface area (Å²) in [6, 6.07) is 7.47. The highest BCUT2D eigenvalue weighted by Crippen LogP contribution is 2.37. The third kappa shape index (κ3) is 9.18. The van der Waals surface area contributed by atoms with Gasteiger partial charge in [0, 0.05) is 18.4 Å². The Morgan fingerprint density at radius 2 is 1.72 bits per heavy atom. The predicted octanol–water partition coefficient (Wildman–Crippen LogP) is 6.92. The van der Waals surface area contributed by atoms with Gasteiger partial charge in [0.1, 0.15) is 23.6 Å². The molecule has 1 aromatic heterocycles. The van der Waals surface area contributed by atoms with E-state index in [2.05, 4.69) is 56.0 Å². The molecule has 0 spiro atoms. The Balaban J connectivity index is 1.51. The fraction of sp³-hybridized carbons (Fsp3) is 0.382. The number of hydrogen-bond donors (Lipinski definition) is 2. The number of hydrogen-bond acceptors (Lipinski definition) is 5.